The molecule has 13 heteroatoms. The second-order valence-electron chi connectivity index (χ2n) is 10.8. The third-order valence-electron chi connectivity index (χ3n) is 6.78. The number of likely N-dealkylation sites (tertiary alicyclic amines) is 1. The average molecular weight is 611 g/mol. The van der Waals surface area contributed by atoms with Crippen LogP contribution in [-0.2, 0) is 19.2 Å². The summed E-state index contributed by atoms with van der Waals surface area (Å²) in [5, 5.41) is 17.2. The van der Waals surface area contributed by atoms with E-state index in [1.54, 1.807) is 0 Å². The molecule has 0 bridgehead atoms. The van der Waals surface area contributed by atoms with E-state index in [9.17, 15) is 22.4 Å². The number of halogens is 4. The number of aliphatic hydroxyl groups is 1. The zero-order valence-electron chi connectivity index (χ0n) is 25.0. The number of Topliss-reactive ketones (excluding diaryl/α,β-unsaturated/α-hetero) is 1. The summed E-state index contributed by atoms with van der Waals surface area (Å²) in [6.45, 7) is 11.9. The van der Waals surface area contributed by atoms with Crippen LogP contribution in [0.4, 0.5) is 17.6 Å². The second-order valence-corrected chi connectivity index (χ2v) is 10.8. The number of ketones is 1. The zero-order valence-corrected chi connectivity index (χ0v) is 25.0. The summed E-state index contributed by atoms with van der Waals surface area (Å²) in [4.78, 5) is 39.8. The van der Waals surface area contributed by atoms with E-state index in [4.69, 9.17) is 29.3 Å². The molecule has 242 valence electrons. The molecule has 3 rings (SSSR count). The van der Waals surface area contributed by atoms with Crippen molar-refractivity contribution in [1.29, 1.82) is 0 Å². The number of aliphatic hydroxyl groups excluding tert-OH is 1. The molecular weight excluding hydrogens is 564 g/mol. The molecule has 1 aromatic carbocycles. The van der Waals surface area contributed by atoms with Crippen molar-refractivity contribution < 1.29 is 51.7 Å². The summed E-state index contributed by atoms with van der Waals surface area (Å²) in [6.07, 6.45) is 7.86. The summed E-state index contributed by atoms with van der Waals surface area (Å²) in [5.74, 6) is -7.57. The van der Waals surface area contributed by atoms with Crippen molar-refractivity contribution in [3.63, 3.8) is 0 Å². The first-order valence-electron chi connectivity index (χ1n) is 13.5. The van der Waals surface area contributed by atoms with E-state index in [-0.39, 0.29) is 18.0 Å². The number of ether oxygens (including phenoxy) is 1. The fourth-order valence-corrected chi connectivity index (χ4v) is 4.93. The maximum absolute atomic E-state index is 13.9. The van der Waals surface area contributed by atoms with Gasteiger partial charge in [0.1, 0.15) is 20.2 Å². The third-order valence-corrected chi connectivity index (χ3v) is 6.78. The Morgan fingerprint density at radius 2 is 1.48 bits per heavy atom. The molecule has 9 nitrogen and oxygen atoms in total. The van der Waals surface area contributed by atoms with Crippen LogP contribution in [0.15, 0.2) is 6.07 Å². The zero-order chi connectivity index (χ0) is 32.9. The fourth-order valence-electron chi connectivity index (χ4n) is 4.93. The second kappa shape index (κ2) is 22.7. The Labute approximate surface area is 245 Å². The minimum atomic E-state index is -1.64. The van der Waals surface area contributed by atoms with E-state index < -0.39 is 47.5 Å². The van der Waals surface area contributed by atoms with Crippen LogP contribution in [-0.4, -0.2) is 86.4 Å². The molecule has 0 aromatic heterocycles. The minimum absolute atomic E-state index is 0.112. The molecule has 1 saturated heterocycles. The van der Waals surface area contributed by atoms with E-state index in [2.05, 4.69) is 10.2 Å². The first kappa shape index (κ1) is 41.2. The molecule has 1 aliphatic carbocycles. The van der Waals surface area contributed by atoms with Crippen LogP contribution in [0.1, 0.15) is 65.7 Å². The van der Waals surface area contributed by atoms with Crippen molar-refractivity contribution in [1.82, 2.24) is 10.2 Å². The van der Waals surface area contributed by atoms with Crippen molar-refractivity contribution in [3.05, 3.63) is 29.3 Å². The normalized spacial score (nSPS) is 16.1. The number of hydrogen-bond acceptors (Lipinski definition) is 8. The first-order chi connectivity index (χ1) is 20.0. The number of piperidine rings is 1. The van der Waals surface area contributed by atoms with E-state index in [1.807, 2.05) is 34.3 Å². The highest BCUT2D eigenvalue weighted by Gasteiger charge is 2.30. The quantitative estimate of drug-likeness (QED) is 0.214. The maximum Gasteiger partial charge on any atom is 0.290 e. The highest BCUT2D eigenvalue weighted by Crippen LogP contribution is 2.29. The molecule has 1 aromatic rings. The third kappa shape index (κ3) is 14.8. The lowest BCUT2D eigenvalue weighted by atomic mass is 9.86. The van der Waals surface area contributed by atoms with Gasteiger partial charge in [-0.05, 0) is 63.1 Å². The highest BCUT2D eigenvalue weighted by atomic mass is 19.2. The molecule has 3 N–H and O–H groups in total. The Morgan fingerprint density at radius 1 is 1.02 bits per heavy atom. The van der Waals surface area contributed by atoms with E-state index in [0.717, 1.165) is 39.1 Å². The lowest BCUT2D eigenvalue weighted by Crippen LogP contribution is -2.46. The van der Waals surface area contributed by atoms with Gasteiger partial charge in [-0.2, -0.15) is 8.78 Å². The number of nitrogens with zero attached hydrogens (tertiary/aromatic N) is 1. The summed E-state index contributed by atoms with van der Waals surface area (Å²) in [7, 11) is 1.00. The van der Waals surface area contributed by atoms with Crippen molar-refractivity contribution >= 4 is 25.8 Å². The van der Waals surface area contributed by atoms with Crippen LogP contribution in [0.3, 0.4) is 0 Å². The molecule has 2 fully saturated rings. The van der Waals surface area contributed by atoms with Crippen molar-refractivity contribution in [2.24, 2.45) is 11.3 Å². The first-order valence-corrected chi connectivity index (χ1v) is 13.5. The van der Waals surface area contributed by atoms with Gasteiger partial charge in [-0.1, -0.05) is 33.6 Å². The summed E-state index contributed by atoms with van der Waals surface area (Å²) in [6, 6.07) is 0.253. The lowest BCUT2D eigenvalue weighted by Gasteiger charge is -2.36. The van der Waals surface area contributed by atoms with Crippen molar-refractivity contribution in [2.75, 3.05) is 33.4 Å². The Balaban J connectivity index is 0. The molecular formula is C29H46F4N2O7. The summed E-state index contributed by atoms with van der Waals surface area (Å²) < 4.78 is 59.5. The maximum atomic E-state index is 13.9. The highest BCUT2D eigenvalue weighted by molar-refractivity contribution is 5.85. The van der Waals surface area contributed by atoms with Gasteiger partial charge in [0.25, 0.3) is 6.47 Å². The molecule has 42 heavy (non-hydrogen) atoms. The average Bonchev–Trinajstić information content (AvgIpc) is 3.53. The van der Waals surface area contributed by atoms with Crippen LogP contribution < -0.4 is 10.1 Å². The summed E-state index contributed by atoms with van der Waals surface area (Å²) in [5.41, 5.74) is -0.180. The topological polar surface area (TPSA) is 133 Å². The van der Waals surface area contributed by atoms with E-state index in [1.165, 1.54) is 25.7 Å². The smallest absolute Gasteiger partial charge is 0.290 e. The number of nitrogens with one attached hydrogen (secondary N) is 1. The van der Waals surface area contributed by atoms with E-state index >= 15 is 0 Å². The van der Waals surface area contributed by atoms with Crippen LogP contribution in [0.2, 0.25) is 0 Å². The Kier molecular flexibility index (Phi) is 22.3. The number of carboxylic acid groups (broad SMARTS) is 1. The molecule has 2 aliphatic rings. The van der Waals surface area contributed by atoms with Gasteiger partial charge in [-0.25, -0.2) is 8.78 Å². The molecule has 1 aliphatic heterocycles. The van der Waals surface area contributed by atoms with Crippen molar-refractivity contribution in [3.8, 4) is 5.75 Å². The summed E-state index contributed by atoms with van der Waals surface area (Å²) >= 11 is 0. The van der Waals surface area contributed by atoms with Gasteiger partial charge >= 0.3 is 0 Å². The molecule has 1 atom stereocenters. The predicted octanol–water partition coefficient (Wildman–Crippen LogP) is 4.18. The van der Waals surface area contributed by atoms with Gasteiger partial charge in [-0.3, -0.25) is 9.59 Å². The SMILES string of the molecule is C=O.C=O.CC(C)(C)CC(NCC1CCN(C2CCCC2)CC1)C(=O)COc1c(F)c(F)cc(F)c1F.CO.O=CO. The molecule has 0 spiro atoms. The van der Waals surface area contributed by atoms with E-state index in [0.29, 0.717) is 18.9 Å². The number of hydrogen-bond donors (Lipinski definition) is 3. The number of rotatable bonds is 9. The lowest BCUT2D eigenvalue weighted by molar-refractivity contribution is -0.124. The molecule has 0 radical (unpaired) electrons. The van der Waals surface area contributed by atoms with Gasteiger partial charge in [0.2, 0.25) is 11.6 Å². The Hall–Kier alpha value is -2.90. The van der Waals surface area contributed by atoms with Crippen molar-refractivity contribution in [2.45, 2.75) is 77.8 Å². The monoisotopic (exact) mass is 610 g/mol. The molecule has 1 unspecified atom stereocenters. The van der Waals surface area contributed by atoms with Crippen LogP contribution >= 0.6 is 0 Å². The van der Waals surface area contributed by atoms with Crippen LogP contribution in [0.5, 0.6) is 5.75 Å². The van der Waals surface area contributed by atoms with Crippen LogP contribution in [0, 0.1) is 34.6 Å². The van der Waals surface area contributed by atoms with Gasteiger partial charge in [0.05, 0.1) is 6.04 Å². The predicted molar refractivity (Wildman–Crippen MR) is 150 cm³/mol. The molecule has 1 heterocycles. The number of carbonyl (C=O) groups is 4. The molecule has 1 saturated carbocycles. The standard InChI is InChI=1S/C25H36F4N2O2.CH2O2.CH4O.2CH2O/c1-25(2,3)13-20(21(32)15-33-24-22(28)18(26)12-19(27)23(24)29)30-14-16-8-10-31(11-9-16)17-6-4-5-7-17;2-1-3;3*1-2/h12,16-17,20,30H,4-11,13-15H2,1-3H3;1H,(H,2,3);2H,1H3;2*1H2. The Morgan fingerprint density at radius 3 is 1.90 bits per heavy atom. The number of benzene rings is 1. The number of carbonyl (C=O) groups excluding carboxylic acids is 3. The van der Waals surface area contributed by atoms with Crippen LogP contribution in [0.25, 0.3) is 0 Å². The van der Waals surface area contributed by atoms with Gasteiger partial charge in [0, 0.05) is 19.2 Å². The van der Waals surface area contributed by atoms with Gasteiger partial charge < -0.3 is 34.8 Å². The van der Waals surface area contributed by atoms with Gasteiger partial charge in [0.15, 0.2) is 23.2 Å². The Bertz CT molecular complexity index is 877. The minimum Gasteiger partial charge on any atom is -0.483 e. The van der Waals surface area contributed by atoms with Gasteiger partial charge in [-0.15, -0.1) is 0 Å². The largest absolute Gasteiger partial charge is 0.483 e. The molecule has 0 amide bonds. The fraction of sp³-hybridized carbons (Fsp3) is 0.655.